The summed E-state index contributed by atoms with van der Waals surface area (Å²) in [6.45, 7) is 1.65. The highest BCUT2D eigenvalue weighted by Gasteiger charge is 2.25. The average Bonchev–Trinajstić information content (AvgIpc) is 3.37. The summed E-state index contributed by atoms with van der Waals surface area (Å²) in [5.74, 6) is 0.299. The number of amides is 3. The number of furan rings is 1. The minimum atomic E-state index is -3.73. The lowest BCUT2D eigenvalue weighted by Crippen LogP contribution is -2.51. The summed E-state index contributed by atoms with van der Waals surface area (Å²) in [6.07, 6.45) is 1.47. The summed E-state index contributed by atoms with van der Waals surface area (Å²) in [5, 5.41) is 2.84. The number of nitrogens with one attached hydrogen (secondary N) is 2. The van der Waals surface area contributed by atoms with Crippen molar-refractivity contribution in [3.63, 3.8) is 0 Å². The molecule has 33 heavy (non-hydrogen) atoms. The summed E-state index contributed by atoms with van der Waals surface area (Å²) in [5.41, 5.74) is 1.11. The minimum absolute atomic E-state index is 0.0398. The van der Waals surface area contributed by atoms with Crippen LogP contribution in [0.1, 0.15) is 16.1 Å². The first-order valence-corrected chi connectivity index (χ1v) is 11.9. The second kappa shape index (κ2) is 9.88. The van der Waals surface area contributed by atoms with Crippen LogP contribution in [0.4, 0.5) is 10.5 Å². The standard InChI is InChI=1S/C23H24N4O5S/c28-22(26-12-14-27(15-13-26)23(29)25-19-5-2-1-3-6-19)18-8-10-21(11-9-18)33(30,31)24-17-20-7-4-16-32-20/h1-11,16,24H,12-15,17H2,(H,25,29). The monoisotopic (exact) mass is 468 g/mol. The van der Waals surface area contributed by atoms with Crippen LogP contribution in [0.15, 0.2) is 82.3 Å². The van der Waals surface area contributed by atoms with E-state index in [1.54, 1.807) is 21.9 Å². The molecule has 1 aliphatic heterocycles. The molecule has 0 aliphatic carbocycles. The van der Waals surface area contributed by atoms with Crippen molar-refractivity contribution in [2.45, 2.75) is 11.4 Å². The molecule has 0 saturated carbocycles. The largest absolute Gasteiger partial charge is 0.468 e. The number of hydrogen-bond acceptors (Lipinski definition) is 5. The van der Waals surface area contributed by atoms with Gasteiger partial charge in [-0.15, -0.1) is 0 Å². The van der Waals surface area contributed by atoms with Crippen LogP contribution in [-0.4, -0.2) is 56.3 Å². The lowest BCUT2D eigenvalue weighted by Gasteiger charge is -2.34. The van der Waals surface area contributed by atoms with Gasteiger partial charge >= 0.3 is 6.03 Å². The van der Waals surface area contributed by atoms with E-state index in [2.05, 4.69) is 10.0 Å². The van der Waals surface area contributed by atoms with E-state index in [9.17, 15) is 18.0 Å². The van der Waals surface area contributed by atoms with Gasteiger partial charge in [0.2, 0.25) is 10.0 Å². The summed E-state index contributed by atoms with van der Waals surface area (Å²) in [6, 6.07) is 18.1. The fourth-order valence-electron chi connectivity index (χ4n) is 3.46. The molecule has 1 aromatic heterocycles. The maximum absolute atomic E-state index is 12.8. The summed E-state index contributed by atoms with van der Waals surface area (Å²) in [7, 11) is -3.73. The van der Waals surface area contributed by atoms with E-state index in [1.807, 2.05) is 30.3 Å². The quantitative estimate of drug-likeness (QED) is 0.578. The zero-order valence-electron chi connectivity index (χ0n) is 17.8. The Morgan fingerprint density at radius 2 is 1.52 bits per heavy atom. The molecule has 1 saturated heterocycles. The van der Waals surface area contributed by atoms with Crippen molar-refractivity contribution in [2.75, 3.05) is 31.5 Å². The molecule has 1 aliphatic rings. The molecular weight excluding hydrogens is 444 g/mol. The number of para-hydroxylation sites is 1. The van der Waals surface area contributed by atoms with Crippen LogP contribution in [0.2, 0.25) is 0 Å². The third-order valence-corrected chi connectivity index (χ3v) is 6.72. The Morgan fingerprint density at radius 3 is 2.15 bits per heavy atom. The molecule has 0 atom stereocenters. The van der Waals surface area contributed by atoms with Crippen LogP contribution in [0.3, 0.4) is 0 Å². The number of carbonyl (C=O) groups is 2. The number of rotatable bonds is 6. The van der Waals surface area contributed by atoms with Gasteiger partial charge in [-0.2, -0.15) is 0 Å². The predicted molar refractivity (Wildman–Crippen MR) is 122 cm³/mol. The van der Waals surface area contributed by atoms with Crippen molar-refractivity contribution in [3.8, 4) is 0 Å². The Hall–Kier alpha value is -3.63. The predicted octanol–water partition coefficient (Wildman–Crippen LogP) is 2.75. The lowest BCUT2D eigenvalue weighted by molar-refractivity contribution is 0.0671. The van der Waals surface area contributed by atoms with Crippen LogP contribution < -0.4 is 10.0 Å². The molecule has 0 spiro atoms. The number of sulfonamides is 1. The summed E-state index contributed by atoms with van der Waals surface area (Å²) >= 11 is 0. The topological polar surface area (TPSA) is 112 Å². The normalized spacial score (nSPS) is 14.2. The van der Waals surface area contributed by atoms with Crippen molar-refractivity contribution < 1.29 is 22.4 Å². The Labute approximate surface area is 192 Å². The molecule has 2 heterocycles. The number of piperazine rings is 1. The van der Waals surface area contributed by atoms with Crippen LogP contribution >= 0.6 is 0 Å². The summed E-state index contributed by atoms with van der Waals surface area (Å²) in [4.78, 5) is 28.6. The highest BCUT2D eigenvalue weighted by molar-refractivity contribution is 7.89. The van der Waals surface area contributed by atoms with Crippen molar-refractivity contribution in [2.24, 2.45) is 0 Å². The molecule has 0 radical (unpaired) electrons. The molecular formula is C23H24N4O5S. The van der Waals surface area contributed by atoms with Crippen molar-refractivity contribution in [3.05, 3.63) is 84.3 Å². The Morgan fingerprint density at radius 1 is 0.848 bits per heavy atom. The van der Waals surface area contributed by atoms with Crippen molar-refractivity contribution >= 4 is 27.6 Å². The smallest absolute Gasteiger partial charge is 0.321 e. The van der Waals surface area contributed by atoms with E-state index in [-0.39, 0.29) is 23.4 Å². The number of nitrogens with zero attached hydrogens (tertiary/aromatic N) is 2. The summed E-state index contributed by atoms with van der Waals surface area (Å²) < 4.78 is 32.5. The SMILES string of the molecule is O=C(Nc1ccccc1)N1CCN(C(=O)c2ccc(S(=O)(=O)NCc3ccco3)cc2)CC1. The van der Waals surface area contributed by atoms with Gasteiger partial charge in [0.25, 0.3) is 5.91 Å². The molecule has 1 fully saturated rings. The molecule has 9 nitrogen and oxygen atoms in total. The number of urea groups is 1. The van der Waals surface area contributed by atoms with Gasteiger partial charge in [0.1, 0.15) is 5.76 Å². The number of carbonyl (C=O) groups excluding carboxylic acids is 2. The molecule has 10 heteroatoms. The van der Waals surface area contributed by atoms with E-state index in [0.717, 1.165) is 5.69 Å². The zero-order chi connectivity index (χ0) is 23.3. The maximum atomic E-state index is 12.8. The first-order valence-electron chi connectivity index (χ1n) is 10.4. The van der Waals surface area contributed by atoms with E-state index in [1.165, 1.54) is 30.5 Å². The Bertz CT molecular complexity index is 1190. The number of anilines is 1. The van der Waals surface area contributed by atoms with Gasteiger partial charge in [0.05, 0.1) is 17.7 Å². The van der Waals surface area contributed by atoms with Gasteiger partial charge in [-0.05, 0) is 48.5 Å². The van der Waals surface area contributed by atoms with E-state index < -0.39 is 10.0 Å². The van der Waals surface area contributed by atoms with Crippen LogP contribution in [0.25, 0.3) is 0 Å². The van der Waals surface area contributed by atoms with Gasteiger partial charge in [-0.3, -0.25) is 4.79 Å². The van der Waals surface area contributed by atoms with E-state index >= 15 is 0 Å². The molecule has 2 aromatic carbocycles. The van der Waals surface area contributed by atoms with Crippen LogP contribution in [0, 0.1) is 0 Å². The zero-order valence-corrected chi connectivity index (χ0v) is 18.6. The molecule has 2 N–H and O–H groups in total. The van der Waals surface area contributed by atoms with Gasteiger partial charge in [0, 0.05) is 37.4 Å². The minimum Gasteiger partial charge on any atom is -0.468 e. The molecule has 3 amide bonds. The number of benzene rings is 2. The molecule has 4 rings (SSSR count). The second-order valence-electron chi connectivity index (χ2n) is 7.50. The first-order chi connectivity index (χ1) is 15.9. The highest BCUT2D eigenvalue weighted by atomic mass is 32.2. The van der Waals surface area contributed by atoms with Gasteiger partial charge in [-0.1, -0.05) is 18.2 Å². The van der Waals surface area contributed by atoms with Gasteiger partial charge < -0.3 is 19.5 Å². The van der Waals surface area contributed by atoms with Crippen LogP contribution in [0.5, 0.6) is 0 Å². The first kappa shape index (κ1) is 22.6. The third kappa shape index (κ3) is 5.60. The lowest BCUT2D eigenvalue weighted by atomic mass is 10.2. The second-order valence-corrected chi connectivity index (χ2v) is 9.27. The average molecular weight is 469 g/mol. The molecule has 172 valence electrons. The van der Waals surface area contributed by atoms with Crippen molar-refractivity contribution in [1.82, 2.24) is 14.5 Å². The number of hydrogen-bond donors (Lipinski definition) is 2. The molecule has 0 unspecified atom stereocenters. The Kier molecular flexibility index (Phi) is 6.76. The van der Waals surface area contributed by atoms with E-state index in [4.69, 9.17) is 4.42 Å². The van der Waals surface area contributed by atoms with Crippen LogP contribution in [-0.2, 0) is 16.6 Å². The fraction of sp³-hybridized carbons (Fsp3) is 0.217. The maximum Gasteiger partial charge on any atom is 0.321 e. The van der Waals surface area contributed by atoms with Gasteiger partial charge in [-0.25, -0.2) is 17.9 Å². The molecule has 0 bridgehead atoms. The van der Waals surface area contributed by atoms with Crippen molar-refractivity contribution in [1.29, 1.82) is 0 Å². The molecule has 3 aromatic rings. The Balaban J connectivity index is 1.31. The highest BCUT2D eigenvalue weighted by Crippen LogP contribution is 2.15. The van der Waals surface area contributed by atoms with Gasteiger partial charge in [0.15, 0.2) is 0 Å². The fourth-order valence-corrected chi connectivity index (χ4v) is 4.45. The third-order valence-electron chi connectivity index (χ3n) is 5.31. The van der Waals surface area contributed by atoms with E-state index in [0.29, 0.717) is 37.5 Å².